The first kappa shape index (κ1) is 14.9. The Kier molecular flexibility index (Phi) is 3.54. The molecule has 0 unspecified atom stereocenters. The van der Waals surface area contributed by atoms with Gasteiger partial charge in [0.2, 0.25) is 0 Å². The lowest BCUT2D eigenvalue weighted by Gasteiger charge is -2.06. The van der Waals surface area contributed by atoms with E-state index in [2.05, 4.69) is 109 Å². The summed E-state index contributed by atoms with van der Waals surface area (Å²) in [6, 6.07) is 34.4. The van der Waals surface area contributed by atoms with Gasteiger partial charge in [0, 0.05) is 0 Å². The highest BCUT2D eigenvalue weighted by atomic mass is 14.3. The highest BCUT2D eigenvalue weighted by Crippen LogP contribution is 2.47. The van der Waals surface area contributed by atoms with Gasteiger partial charge in [-0.15, -0.1) is 0 Å². The van der Waals surface area contributed by atoms with Gasteiger partial charge >= 0.3 is 0 Å². The molecule has 4 aromatic rings. The molecule has 0 aromatic heterocycles. The summed E-state index contributed by atoms with van der Waals surface area (Å²) in [5, 5.41) is 2.66. The maximum atomic E-state index is 2.31. The number of allylic oxidation sites excluding steroid dienone is 2. The first-order valence-corrected chi connectivity index (χ1v) is 8.96. The predicted octanol–water partition coefficient (Wildman–Crippen LogP) is 6.93. The molecule has 0 radical (unpaired) electrons. The van der Waals surface area contributed by atoms with E-state index in [-0.39, 0.29) is 0 Å². The van der Waals surface area contributed by atoms with Crippen LogP contribution in [0.4, 0.5) is 0 Å². The zero-order valence-corrected chi connectivity index (χ0v) is 14.4. The van der Waals surface area contributed by atoms with Crippen molar-refractivity contribution in [1.29, 1.82) is 0 Å². The molecule has 0 atom stereocenters. The van der Waals surface area contributed by atoms with E-state index in [1.165, 1.54) is 44.2 Å². The van der Waals surface area contributed by atoms with Gasteiger partial charge in [0.1, 0.15) is 0 Å². The molecule has 0 N–H and O–H groups in total. The monoisotopic (exact) mass is 330 g/mol. The molecule has 0 amide bonds. The van der Waals surface area contributed by atoms with E-state index in [1.54, 1.807) is 0 Å². The molecule has 0 spiro atoms. The quantitative estimate of drug-likeness (QED) is 0.373. The van der Waals surface area contributed by atoms with Gasteiger partial charge in [0.05, 0.1) is 0 Å². The van der Waals surface area contributed by atoms with Gasteiger partial charge in [-0.2, -0.15) is 0 Å². The Labute approximate surface area is 153 Å². The second-order valence-corrected chi connectivity index (χ2v) is 6.65. The Hall–Kier alpha value is -3.38. The highest BCUT2D eigenvalue weighted by molar-refractivity contribution is 6.28. The molecule has 4 aromatic carbocycles. The SMILES string of the molecule is C(=C1\C(=C/c2ccccc2)c2cccc3cccc1c23)/c1ccccc1. The molecular formula is C26H18. The van der Waals surface area contributed by atoms with Crippen LogP contribution < -0.4 is 0 Å². The summed E-state index contributed by atoms with van der Waals surface area (Å²) >= 11 is 0. The van der Waals surface area contributed by atoms with E-state index in [4.69, 9.17) is 0 Å². The highest BCUT2D eigenvalue weighted by Gasteiger charge is 2.23. The van der Waals surface area contributed by atoms with Crippen molar-refractivity contribution in [2.45, 2.75) is 0 Å². The van der Waals surface area contributed by atoms with Crippen LogP contribution in [-0.2, 0) is 0 Å². The minimum absolute atomic E-state index is 1.23. The van der Waals surface area contributed by atoms with E-state index in [0.717, 1.165) is 0 Å². The van der Waals surface area contributed by atoms with Crippen molar-refractivity contribution in [2.75, 3.05) is 0 Å². The van der Waals surface area contributed by atoms with Crippen LogP contribution in [0.15, 0.2) is 97.1 Å². The zero-order chi connectivity index (χ0) is 17.3. The van der Waals surface area contributed by atoms with Gasteiger partial charge < -0.3 is 0 Å². The maximum absolute atomic E-state index is 2.31. The largest absolute Gasteiger partial charge is 0.0622 e. The summed E-state index contributed by atoms with van der Waals surface area (Å²) in [4.78, 5) is 0. The van der Waals surface area contributed by atoms with E-state index in [0.29, 0.717) is 0 Å². The fourth-order valence-electron chi connectivity index (χ4n) is 3.82. The van der Waals surface area contributed by atoms with Crippen molar-refractivity contribution in [1.82, 2.24) is 0 Å². The third kappa shape index (κ3) is 2.48. The van der Waals surface area contributed by atoms with Crippen molar-refractivity contribution < 1.29 is 0 Å². The standard InChI is InChI=1S/C26H18/c1-3-9-19(10-4-1)17-24-22-15-7-13-21-14-8-16-23(26(21)22)25(24)18-20-11-5-2-6-12-20/h1-18H/b24-17-,25-18+. The molecule has 0 saturated heterocycles. The lowest BCUT2D eigenvalue weighted by molar-refractivity contribution is 1.65. The molecule has 0 fully saturated rings. The Balaban J connectivity index is 1.80. The molecule has 0 nitrogen and oxygen atoms in total. The van der Waals surface area contributed by atoms with Crippen LogP contribution in [-0.4, -0.2) is 0 Å². The van der Waals surface area contributed by atoms with Crippen molar-refractivity contribution in [3.05, 3.63) is 119 Å². The van der Waals surface area contributed by atoms with Crippen molar-refractivity contribution in [2.24, 2.45) is 0 Å². The van der Waals surface area contributed by atoms with Crippen LogP contribution in [0.25, 0.3) is 34.1 Å². The van der Waals surface area contributed by atoms with E-state index in [1.807, 2.05) is 0 Å². The van der Waals surface area contributed by atoms with Crippen molar-refractivity contribution >= 4 is 34.1 Å². The Morgan fingerprint density at radius 3 is 1.35 bits per heavy atom. The summed E-state index contributed by atoms with van der Waals surface area (Å²) < 4.78 is 0. The van der Waals surface area contributed by atoms with Crippen LogP contribution >= 0.6 is 0 Å². The van der Waals surface area contributed by atoms with Gasteiger partial charge in [-0.1, -0.05) is 97.1 Å². The molecule has 0 saturated carbocycles. The smallest absolute Gasteiger partial charge is 0.00264 e. The lowest BCUT2D eigenvalue weighted by Crippen LogP contribution is -1.82. The fraction of sp³-hybridized carbons (Fsp3) is 0. The molecule has 5 rings (SSSR count). The van der Waals surface area contributed by atoms with Crippen LogP contribution in [0.1, 0.15) is 22.3 Å². The maximum Gasteiger partial charge on any atom is -0.00264 e. The Bertz CT molecular complexity index is 1060. The number of benzene rings is 4. The van der Waals surface area contributed by atoms with Gasteiger partial charge in [-0.3, -0.25) is 0 Å². The Morgan fingerprint density at radius 2 is 0.885 bits per heavy atom. The van der Waals surface area contributed by atoms with E-state index in [9.17, 15) is 0 Å². The van der Waals surface area contributed by atoms with Crippen LogP contribution in [0.5, 0.6) is 0 Å². The molecule has 0 bridgehead atoms. The molecular weight excluding hydrogens is 312 g/mol. The predicted molar refractivity (Wildman–Crippen MR) is 113 cm³/mol. The number of rotatable bonds is 2. The van der Waals surface area contributed by atoms with Gasteiger partial charge in [-0.25, -0.2) is 0 Å². The third-order valence-electron chi connectivity index (χ3n) is 5.00. The van der Waals surface area contributed by atoms with E-state index < -0.39 is 0 Å². The molecule has 0 aliphatic heterocycles. The minimum atomic E-state index is 1.23. The average molecular weight is 330 g/mol. The summed E-state index contributed by atoms with van der Waals surface area (Å²) in [5.41, 5.74) is 7.70. The third-order valence-corrected chi connectivity index (χ3v) is 5.00. The zero-order valence-electron chi connectivity index (χ0n) is 14.4. The van der Waals surface area contributed by atoms with Crippen LogP contribution in [0.3, 0.4) is 0 Å². The molecule has 1 aliphatic carbocycles. The second-order valence-electron chi connectivity index (χ2n) is 6.65. The molecule has 0 heteroatoms. The summed E-state index contributed by atoms with van der Waals surface area (Å²) in [5.74, 6) is 0. The summed E-state index contributed by atoms with van der Waals surface area (Å²) in [6.45, 7) is 0. The number of hydrogen-bond donors (Lipinski definition) is 0. The topological polar surface area (TPSA) is 0 Å². The average Bonchev–Trinajstić information content (AvgIpc) is 2.99. The van der Waals surface area contributed by atoms with Gasteiger partial charge in [0.15, 0.2) is 0 Å². The second kappa shape index (κ2) is 6.16. The molecule has 26 heavy (non-hydrogen) atoms. The van der Waals surface area contributed by atoms with Crippen LogP contribution in [0, 0.1) is 0 Å². The van der Waals surface area contributed by atoms with Crippen molar-refractivity contribution in [3.63, 3.8) is 0 Å². The normalized spacial score (nSPS) is 15.8. The summed E-state index contributed by atoms with van der Waals surface area (Å²) in [6.07, 6.45) is 4.62. The minimum Gasteiger partial charge on any atom is -0.0622 e. The van der Waals surface area contributed by atoms with Gasteiger partial charge in [-0.05, 0) is 56.3 Å². The lowest BCUT2D eigenvalue weighted by atomic mass is 9.98. The Morgan fingerprint density at radius 1 is 0.423 bits per heavy atom. The first-order valence-electron chi connectivity index (χ1n) is 8.96. The van der Waals surface area contributed by atoms with Gasteiger partial charge in [0.25, 0.3) is 0 Å². The summed E-state index contributed by atoms with van der Waals surface area (Å²) in [7, 11) is 0. The number of hydrogen-bond acceptors (Lipinski definition) is 0. The molecule has 0 heterocycles. The molecule has 122 valence electrons. The van der Waals surface area contributed by atoms with E-state index >= 15 is 0 Å². The first-order chi connectivity index (χ1) is 12.9. The van der Waals surface area contributed by atoms with Crippen molar-refractivity contribution in [3.8, 4) is 0 Å². The fourth-order valence-corrected chi connectivity index (χ4v) is 3.82. The van der Waals surface area contributed by atoms with Crippen LogP contribution in [0.2, 0.25) is 0 Å². The molecule has 1 aliphatic rings.